The van der Waals surface area contributed by atoms with Crippen molar-refractivity contribution in [2.45, 2.75) is 19.3 Å². The third-order valence-electron chi connectivity index (χ3n) is 4.00. The van der Waals surface area contributed by atoms with Crippen LogP contribution in [0.2, 0.25) is 0 Å². The molecule has 0 fully saturated rings. The number of benzene rings is 2. The maximum Gasteiger partial charge on any atom is 0.118 e. The van der Waals surface area contributed by atoms with Crippen LogP contribution in [-0.2, 0) is 4.79 Å². The molecule has 0 aliphatic rings. The fraction of sp³-hybridized carbons (Fsp3) is 0.238. The molecule has 0 aliphatic heterocycles. The van der Waals surface area contributed by atoms with Crippen LogP contribution >= 0.6 is 0 Å². The quantitative estimate of drug-likeness (QED) is 0.684. The van der Waals surface area contributed by atoms with E-state index in [0.717, 1.165) is 28.2 Å². The second-order valence-electron chi connectivity index (χ2n) is 5.65. The molecule has 0 bridgehead atoms. The number of methoxy groups -OCH3 is 2. The molecule has 0 unspecified atom stereocenters. The van der Waals surface area contributed by atoms with Gasteiger partial charge < -0.3 is 19.4 Å². The molecule has 0 saturated carbocycles. The number of ether oxygens (including phenoxy) is 2. The average Bonchev–Trinajstić information content (AvgIpc) is 2.67. The first-order chi connectivity index (χ1) is 12.6. The summed E-state index contributed by atoms with van der Waals surface area (Å²) in [7, 11) is 3.19. The van der Waals surface area contributed by atoms with Gasteiger partial charge in [-0.1, -0.05) is 24.3 Å². The predicted molar refractivity (Wildman–Crippen MR) is 96.5 cm³/mol. The van der Waals surface area contributed by atoms with Crippen molar-refractivity contribution in [1.82, 2.24) is 0 Å². The van der Waals surface area contributed by atoms with Crippen molar-refractivity contribution >= 4 is 11.5 Å². The largest absolute Gasteiger partial charge is 0.550 e. The number of aliphatic carboxylic acids is 1. The summed E-state index contributed by atoms with van der Waals surface area (Å²) in [6.45, 7) is 0. The lowest BCUT2D eigenvalue weighted by Gasteiger charge is -2.13. The van der Waals surface area contributed by atoms with Crippen LogP contribution < -0.4 is 14.6 Å². The minimum atomic E-state index is -1.11. The topological polar surface area (TPSA) is 82.4 Å². The van der Waals surface area contributed by atoms with Gasteiger partial charge in [-0.25, -0.2) is 0 Å². The van der Waals surface area contributed by atoms with Gasteiger partial charge in [0.2, 0.25) is 0 Å². The lowest BCUT2D eigenvalue weighted by molar-refractivity contribution is -0.305. The standard InChI is InChI=1S/C21H21NO4/c1-25-18-10-6-15(7-11-18)21(16-8-12-19(26-2)13-9-16)17(14-22)4-3-5-20(23)24/h6-13H,3-5H2,1-2H3,(H,23,24)/p-1. The highest BCUT2D eigenvalue weighted by Crippen LogP contribution is 2.31. The number of carboxylic acid groups (broad SMARTS) is 1. The second-order valence-corrected chi connectivity index (χ2v) is 5.65. The number of nitriles is 1. The highest BCUT2D eigenvalue weighted by atomic mass is 16.5. The van der Waals surface area contributed by atoms with Crippen LogP contribution in [0.3, 0.4) is 0 Å². The van der Waals surface area contributed by atoms with E-state index in [1.54, 1.807) is 14.2 Å². The molecule has 2 aromatic carbocycles. The molecule has 134 valence electrons. The monoisotopic (exact) mass is 350 g/mol. The summed E-state index contributed by atoms with van der Waals surface area (Å²) < 4.78 is 10.4. The fourth-order valence-corrected chi connectivity index (χ4v) is 2.68. The number of hydrogen-bond acceptors (Lipinski definition) is 5. The Morgan fingerprint density at radius 2 is 1.38 bits per heavy atom. The molecule has 0 aromatic heterocycles. The van der Waals surface area contributed by atoms with E-state index >= 15 is 0 Å². The first-order valence-electron chi connectivity index (χ1n) is 8.21. The van der Waals surface area contributed by atoms with E-state index in [1.807, 2.05) is 48.5 Å². The zero-order valence-corrected chi connectivity index (χ0v) is 14.8. The van der Waals surface area contributed by atoms with Gasteiger partial charge in [0.25, 0.3) is 0 Å². The number of allylic oxidation sites excluding steroid dienone is 1. The zero-order valence-electron chi connectivity index (χ0n) is 14.8. The summed E-state index contributed by atoms with van der Waals surface area (Å²) in [6, 6.07) is 17.1. The Morgan fingerprint density at radius 1 is 0.923 bits per heavy atom. The van der Waals surface area contributed by atoms with Crippen molar-refractivity contribution in [3.63, 3.8) is 0 Å². The smallest absolute Gasteiger partial charge is 0.118 e. The van der Waals surface area contributed by atoms with Gasteiger partial charge in [-0.05, 0) is 54.7 Å². The summed E-state index contributed by atoms with van der Waals surface area (Å²) in [4.78, 5) is 10.7. The van der Waals surface area contributed by atoms with Crippen LogP contribution in [0.1, 0.15) is 30.4 Å². The van der Waals surface area contributed by atoms with Crippen LogP contribution in [0.5, 0.6) is 11.5 Å². The lowest BCUT2D eigenvalue weighted by atomic mass is 9.91. The highest BCUT2D eigenvalue weighted by molar-refractivity contribution is 5.84. The van der Waals surface area contributed by atoms with Gasteiger partial charge >= 0.3 is 0 Å². The normalized spacial score (nSPS) is 9.88. The molecular formula is C21H20NO4-. The van der Waals surface area contributed by atoms with Crippen LogP contribution in [0.4, 0.5) is 0 Å². The van der Waals surface area contributed by atoms with Gasteiger partial charge in [0.1, 0.15) is 11.5 Å². The molecule has 0 radical (unpaired) electrons. The van der Waals surface area contributed by atoms with Crippen molar-refractivity contribution in [2.75, 3.05) is 14.2 Å². The Morgan fingerprint density at radius 3 is 1.73 bits per heavy atom. The van der Waals surface area contributed by atoms with Crippen LogP contribution in [0, 0.1) is 11.3 Å². The number of carboxylic acids is 1. The molecule has 0 spiro atoms. The molecule has 2 aromatic rings. The third-order valence-corrected chi connectivity index (χ3v) is 4.00. The van der Waals surface area contributed by atoms with Crippen molar-refractivity contribution in [2.24, 2.45) is 0 Å². The maximum atomic E-state index is 10.7. The minimum absolute atomic E-state index is 0.0797. The summed E-state index contributed by atoms with van der Waals surface area (Å²) in [6.07, 6.45) is 0.628. The summed E-state index contributed by atoms with van der Waals surface area (Å²) in [5.41, 5.74) is 3.03. The Labute approximate surface area is 153 Å². The maximum absolute atomic E-state index is 10.7. The van der Waals surface area contributed by atoms with E-state index in [2.05, 4.69) is 6.07 Å². The first-order valence-corrected chi connectivity index (χ1v) is 8.21. The lowest BCUT2D eigenvalue weighted by Crippen LogP contribution is -2.21. The first kappa shape index (κ1) is 19.1. The van der Waals surface area contributed by atoms with Gasteiger partial charge in [-0.2, -0.15) is 5.26 Å². The van der Waals surface area contributed by atoms with Gasteiger partial charge in [0.05, 0.1) is 20.3 Å². The van der Waals surface area contributed by atoms with Crippen LogP contribution in [-0.4, -0.2) is 20.2 Å². The zero-order chi connectivity index (χ0) is 18.9. The van der Waals surface area contributed by atoms with Crippen molar-refractivity contribution in [3.05, 3.63) is 65.2 Å². The van der Waals surface area contributed by atoms with E-state index in [9.17, 15) is 15.2 Å². The molecule has 0 amide bonds. The average molecular weight is 350 g/mol. The van der Waals surface area contributed by atoms with Crippen molar-refractivity contribution in [3.8, 4) is 17.6 Å². The van der Waals surface area contributed by atoms with Crippen molar-refractivity contribution in [1.29, 1.82) is 5.26 Å². The molecule has 0 aliphatic carbocycles. The van der Waals surface area contributed by atoms with E-state index in [4.69, 9.17) is 9.47 Å². The molecule has 26 heavy (non-hydrogen) atoms. The van der Waals surface area contributed by atoms with Crippen LogP contribution in [0.25, 0.3) is 5.57 Å². The highest BCUT2D eigenvalue weighted by Gasteiger charge is 2.13. The summed E-state index contributed by atoms with van der Waals surface area (Å²) >= 11 is 0. The summed E-state index contributed by atoms with van der Waals surface area (Å²) in [5, 5.41) is 20.3. The number of carbonyl (C=O) groups excluding carboxylic acids is 1. The SMILES string of the molecule is COc1ccc(C(=C(C#N)CCCC(=O)[O-])c2ccc(OC)cc2)cc1. The third kappa shape index (κ3) is 4.87. The van der Waals surface area contributed by atoms with Crippen LogP contribution in [0.15, 0.2) is 54.1 Å². The Balaban J connectivity index is 2.49. The fourth-order valence-electron chi connectivity index (χ4n) is 2.68. The van der Waals surface area contributed by atoms with E-state index in [-0.39, 0.29) is 6.42 Å². The minimum Gasteiger partial charge on any atom is -0.550 e. The molecule has 5 heteroatoms. The number of carbonyl (C=O) groups is 1. The Kier molecular flexibility index (Phi) is 6.81. The predicted octanol–water partition coefficient (Wildman–Crippen LogP) is 2.95. The van der Waals surface area contributed by atoms with Gasteiger partial charge in [0, 0.05) is 17.1 Å². The molecule has 2 rings (SSSR count). The van der Waals surface area contributed by atoms with Gasteiger partial charge in [-0.3, -0.25) is 0 Å². The van der Waals surface area contributed by atoms with Gasteiger partial charge in [0.15, 0.2) is 0 Å². The molecular weight excluding hydrogens is 330 g/mol. The molecule has 5 nitrogen and oxygen atoms in total. The Bertz CT molecular complexity index is 765. The van der Waals surface area contributed by atoms with E-state index in [1.165, 1.54) is 0 Å². The molecule has 0 N–H and O–H groups in total. The molecule has 0 atom stereocenters. The molecule has 0 saturated heterocycles. The van der Waals surface area contributed by atoms with Gasteiger partial charge in [-0.15, -0.1) is 0 Å². The Hall–Kier alpha value is -3.26. The number of nitrogens with zero attached hydrogens (tertiary/aromatic N) is 1. The van der Waals surface area contributed by atoms with E-state index < -0.39 is 5.97 Å². The van der Waals surface area contributed by atoms with Crippen molar-refractivity contribution < 1.29 is 19.4 Å². The number of hydrogen-bond donors (Lipinski definition) is 0. The number of rotatable bonds is 8. The summed E-state index contributed by atoms with van der Waals surface area (Å²) in [5.74, 6) is 0.328. The molecule has 0 heterocycles. The second kappa shape index (κ2) is 9.28. The van der Waals surface area contributed by atoms with E-state index in [0.29, 0.717) is 18.4 Å².